The van der Waals surface area contributed by atoms with Crippen LogP contribution in [0.25, 0.3) is 0 Å². The van der Waals surface area contributed by atoms with Gasteiger partial charge in [-0.2, -0.15) is 0 Å². The average molecular weight is 265 g/mol. The standard InChI is InChI=1S/C17H31NO/c1-15-8-10-17(14-19,11-9-15)13-18(2)12-16-6-4-3-5-7-16/h14-16H,3-13H2,1-2H3. The van der Waals surface area contributed by atoms with Crippen LogP contribution in [0.2, 0.25) is 0 Å². The Morgan fingerprint density at radius 1 is 1.11 bits per heavy atom. The van der Waals surface area contributed by atoms with Crippen molar-refractivity contribution in [2.45, 2.75) is 64.7 Å². The summed E-state index contributed by atoms with van der Waals surface area (Å²) in [5, 5.41) is 0. The van der Waals surface area contributed by atoms with Gasteiger partial charge in [0.2, 0.25) is 0 Å². The highest BCUT2D eigenvalue weighted by molar-refractivity contribution is 5.60. The summed E-state index contributed by atoms with van der Waals surface area (Å²) in [5.41, 5.74) is -0.0318. The summed E-state index contributed by atoms with van der Waals surface area (Å²) in [6.07, 6.45) is 13.0. The van der Waals surface area contributed by atoms with Gasteiger partial charge in [0.05, 0.1) is 0 Å². The minimum absolute atomic E-state index is 0.0318. The topological polar surface area (TPSA) is 20.3 Å². The summed E-state index contributed by atoms with van der Waals surface area (Å²) >= 11 is 0. The molecule has 0 unspecified atom stereocenters. The third kappa shape index (κ3) is 4.30. The number of rotatable bonds is 5. The summed E-state index contributed by atoms with van der Waals surface area (Å²) < 4.78 is 0. The fourth-order valence-electron chi connectivity index (χ4n) is 4.06. The molecule has 0 saturated heterocycles. The van der Waals surface area contributed by atoms with E-state index in [9.17, 15) is 4.79 Å². The zero-order valence-electron chi connectivity index (χ0n) is 12.9. The van der Waals surface area contributed by atoms with E-state index < -0.39 is 0 Å². The van der Waals surface area contributed by atoms with Crippen molar-refractivity contribution in [3.8, 4) is 0 Å². The molecule has 0 heterocycles. The second kappa shape index (κ2) is 6.88. The highest BCUT2D eigenvalue weighted by atomic mass is 16.1. The molecular formula is C17H31NO. The van der Waals surface area contributed by atoms with Crippen LogP contribution in [-0.2, 0) is 4.79 Å². The second-order valence-corrected chi connectivity index (χ2v) is 7.36. The lowest BCUT2D eigenvalue weighted by atomic mass is 9.71. The van der Waals surface area contributed by atoms with Crippen molar-refractivity contribution in [3.63, 3.8) is 0 Å². The molecule has 2 rings (SSSR count). The van der Waals surface area contributed by atoms with E-state index in [0.717, 1.165) is 31.2 Å². The van der Waals surface area contributed by atoms with Crippen LogP contribution >= 0.6 is 0 Å². The molecule has 0 aromatic rings. The third-order valence-corrected chi connectivity index (χ3v) is 5.40. The Bertz CT molecular complexity index is 275. The van der Waals surface area contributed by atoms with Crippen molar-refractivity contribution in [2.75, 3.05) is 20.1 Å². The highest BCUT2D eigenvalue weighted by Gasteiger charge is 2.35. The number of aldehydes is 1. The van der Waals surface area contributed by atoms with E-state index in [1.807, 2.05) is 0 Å². The first-order valence-corrected chi connectivity index (χ1v) is 8.28. The van der Waals surface area contributed by atoms with E-state index in [2.05, 4.69) is 18.9 Å². The maximum Gasteiger partial charge on any atom is 0.127 e. The zero-order chi connectivity index (χ0) is 13.7. The molecule has 2 heteroatoms. The Balaban J connectivity index is 1.81. The van der Waals surface area contributed by atoms with Crippen LogP contribution in [0.5, 0.6) is 0 Å². The Hall–Kier alpha value is -0.370. The van der Waals surface area contributed by atoms with Crippen LogP contribution < -0.4 is 0 Å². The van der Waals surface area contributed by atoms with Gasteiger partial charge in [0.15, 0.2) is 0 Å². The van der Waals surface area contributed by atoms with Crippen LogP contribution in [0.1, 0.15) is 64.7 Å². The third-order valence-electron chi connectivity index (χ3n) is 5.40. The van der Waals surface area contributed by atoms with Gasteiger partial charge in [-0.15, -0.1) is 0 Å². The summed E-state index contributed by atoms with van der Waals surface area (Å²) in [6.45, 7) is 4.51. The summed E-state index contributed by atoms with van der Waals surface area (Å²) in [5.74, 6) is 1.70. The summed E-state index contributed by atoms with van der Waals surface area (Å²) in [6, 6.07) is 0. The first-order chi connectivity index (χ1) is 9.13. The normalized spacial score (nSPS) is 33.5. The van der Waals surface area contributed by atoms with Gasteiger partial charge in [-0.3, -0.25) is 0 Å². The largest absolute Gasteiger partial charge is 0.305 e. The smallest absolute Gasteiger partial charge is 0.127 e. The van der Waals surface area contributed by atoms with Crippen molar-refractivity contribution < 1.29 is 4.79 Å². The van der Waals surface area contributed by atoms with Gasteiger partial charge in [-0.1, -0.05) is 26.2 Å². The Morgan fingerprint density at radius 2 is 1.74 bits per heavy atom. The predicted molar refractivity (Wildman–Crippen MR) is 80.2 cm³/mol. The maximum atomic E-state index is 11.6. The minimum Gasteiger partial charge on any atom is -0.305 e. The van der Waals surface area contributed by atoms with Crippen molar-refractivity contribution in [2.24, 2.45) is 17.3 Å². The van der Waals surface area contributed by atoms with Crippen LogP contribution in [0, 0.1) is 17.3 Å². The highest BCUT2D eigenvalue weighted by Crippen LogP contribution is 2.38. The van der Waals surface area contributed by atoms with Gasteiger partial charge in [0, 0.05) is 18.5 Å². The second-order valence-electron chi connectivity index (χ2n) is 7.36. The number of nitrogens with zero attached hydrogens (tertiary/aromatic N) is 1. The molecule has 0 N–H and O–H groups in total. The van der Waals surface area contributed by atoms with Gasteiger partial charge in [-0.05, 0) is 57.4 Å². The first kappa shape index (κ1) is 15.0. The summed E-state index contributed by atoms with van der Waals surface area (Å²) in [4.78, 5) is 14.0. The zero-order valence-corrected chi connectivity index (χ0v) is 12.9. The Morgan fingerprint density at radius 3 is 2.32 bits per heavy atom. The number of carbonyl (C=O) groups excluding carboxylic acids is 1. The number of hydrogen-bond acceptors (Lipinski definition) is 2. The summed E-state index contributed by atoms with van der Waals surface area (Å²) in [7, 11) is 2.22. The molecular weight excluding hydrogens is 234 g/mol. The predicted octanol–water partition coefficient (Wildman–Crippen LogP) is 3.89. The van der Waals surface area contributed by atoms with Gasteiger partial charge >= 0.3 is 0 Å². The minimum atomic E-state index is -0.0318. The van der Waals surface area contributed by atoms with Crippen LogP contribution in [0.15, 0.2) is 0 Å². The monoisotopic (exact) mass is 265 g/mol. The van der Waals surface area contributed by atoms with Crippen molar-refractivity contribution >= 4 is 6.29 Å². The molecule has 0 aromatic heterocycles. The van der Waals surface area contributed by atoms with Crippen LogP contribution in [-0.4, -0.2) is 31.3 Å². The lowest BCUT2D eigenvalue weighted by Gasteiger charge is -2.39. The van der Waals surface area contributed by atoms with E-state index in [1.54, 1.807) is 0 Å². The SMILES string of the molecule is CC1CCC(C=O)(CN(C)CC2CCCCC2)CC1. The fraction of sp³-hybridized carbons (Fsp3) is 0.941. The van der Waals surface area contributed by atoms with Gasteiger partial charge in [-0.25, -0.2) is 0 Å². The molecule has 0 atom stereocenters. The molecule has 0 amide bonds. The van der Waals surface area contributed by atoms with E-state index in [4.69, 9.17) is 0 Å². The first-order valence-electron chi connectivity index (χ1n) is 8.28. The lowest BCUT2D eigenvalue weighted by Crippen LogP contribution is -2.41. The Labute approximate surface area is 118 Å². The molecule has 110 valence electrons. The molecule has 2 fully saturated rings. The Kier molecular flexibility index (Phi) is 5.44. The van der Waals surface area contributed by atoms with Crippen LogP contribution in [0.3, 0.4) is 0 Å². The molecule has 0 bridgehead atoms. The van der Waals surface area contributed by atoms with E-state index in [1.165, 1.54) is 57.8 Å². The van der Waals surface area contributed by atoms with E-state index in [-0.39, 0.29) is 5.41 Å². The van der Waals surface area contributed by atoms with Gasteiger partial charge in [0.1, 0.15) is 6.29 Å². The quantitative estimate of drug-likeness (QED) is 0.703. The van der Waals surface area contributed by atoms with Crippen molar-refractivity contribution in [1.29, 1.82) is 0 Å². The molecule has 2 aliphatic rings. The van der Waals surface area contributed by atoms with Crippen molar-refractivity contribution in [3.05, 3.63) is 0 Å². The van der Waals surface area contributed by atoms with Crippen molar-refractivity contribution in [1.82, 2.24) is 4.90 Å². The molecule has 0 aromatic carbocycles. The number of hydrogen-bond donors (Lipinski definition) is 0. The fourth-order valence-corrected chi connectivity index (χ4v) is 4.06. The molecule has 19 heavy (non-hydrogen) atoms. The average Bonchev–Trinajstić information content (AvgIpc) is 2.43. The maximum absolute atomic E-state index is 11.6. The van der Waals surface area contributed by atoms with E-state index in [0.29, 0.717) is 0 Å². The molecule has 0 aliphatic heterocycles. The molecule has 2 nitrogen and oxygen atoms in total. The van der Waals surface area contributed by atoms with Crippen LogP contribution in [0.4, 0.5) is 0 Å². The molecule has 0 radical (unpaired) electrons. The lowest BCUT2D eigenvalue weighted by molar-refractivity contribution is -0.119. The van der Waals surface area contributed by atoms with Gasteiger partial charge in [0.25, 0.3) is 0 Å². The molecule has 2 aliphatic carbocycles. The van der Waals surface area contributed by atoms with E-state index >= 15 is 0 Å². The molecule has 0 spiro atoms. The van der Waals surface area contributed by atoms with Gasteiger partial charge < -0.3 is 9.69 Å². The number of carbonyl (C=O) groups is 1. The molecule has 2 saturated carbocycles.